The average molecular weight is 888 g/mol. The minimum absolute atomic E-state index is 0.0869. The summed E-state index contributed by atoms with van der Waals surface area (Å²) in [5.41, 5.74) is -0.134. The van der Waals surface area contributed by atoms with Gasteiger partial charge in [-0.05, 0) is 59.7 Å². The Labute approximate surface area is 345 Å². The van der Waals surface area contributed by atoms with Crippen molar-refractivity contribution in [2.75, 3.05) is 20.8 Å². The van der Waals surface area contributed by atoms with Gasteiger partial charge in [0, 0.05) is 18.2 Å². The Morgan fingerprint density at radius 1 is 0.836 bits per heavy atom. The first-order chi connectivity index (χ1) is 26.2. The van der Waals surface area contributed by atoms with Crippen molar-refractivity contribution in [1.82, 2.24) is 9.55 Å². The number of nitrogens with one attached hydrogen (secondary N) is 1. The van der Waals surface area contributed by atoms with Gasteiger partial charge in [-0.2, -0.15) is 0 Å². The monoisotopic (exact) mass is 885 g/mol. The molecule has 1 saturated heterocycles. The topological polar surface area (TPSA) is 133 Å². The second-order valence-electron chi connectivity index (χ2n) is 12.2. The molecule has 11 nitrogen and oxygen atoms in total. The number of benzene rings is 4. The van der Waals surface area contributed by atoms with Gasteiger partial charge in [0.15, 0.2) is 12.5 Å². The van der Waals surface area contributed by atoms with Gasteiger partial charge in [0.1, 0.15) is 39.5 Å². The molecule has 1 aliphatic rings. The van der Waals surface area contributed by atoms with E-state index >= 15 is 0 Å². The smallest absolute Gasteiger partial charge is 0.330 e. The third kappa shape index (κ3) is 8.61. The summed E-state index contributed by atoms with van der Waals surface area (Å²) in [6, 6.07) is 24.3. The number of hydrogen-bond donors (Lipinski definition) is 1. The number of H-pyrrole nitrogens is 1. The minimum atomic E-state index is -4.57. The lowest BCUT2D eigenvalue weighted by molar-refractivity contribution is -0.205. The molecule has 2 heterocycles. The molecule has 0 saturated carbocycles. The number of halogens is 5. The molecule has 0 amide bonds. The van der Waals surface area contributed by atoms with Gasteiger partial charge in [0.2, 0.25) is 0 Å². The zero-order valence-corrected chi connectivity index (χ0v) is 34.6. The van der Waals surface area contributed by atoms with Gasteiger partial charge < -0.3 is 32.9 Å². The largest absolute Gasteiger partial charge is 0.770 e. The molecule has 0 radical (unpaired) electrons. The van der Waals surface area contributed by atoms with Crippen LogP contribution in [0.25, 0.3) is 0 Å². The lowest BCUT2D eigenvalue weighted by Crippen LogP contribution is -2.39. The van der Waals surface area contributed by atoms with Gasteiger partial charge in [-0.1, -0.05) is 113 Å². The van der Waals surface area contributed by atoms with Crippen LogP contribution in [-0.4, -0.2) is 42.6 Å². The summed E-state index contributed by atoms with van der Waals surface area (Å²) >= 11 is 36.6. The van der Waals surface area contributed by atoms with E-state index in [1.54, 1.807) is 14.2 Å². The van der Waals surface area contributed by atoms with Crippen LogP contribution in [0.1, 0.15) is 34.9 Å². The fraction of sp³-hybridized carbons (Fsp3) is 0.243. The first-order valence-electron chi connectivity index (χ1n) is 16.4. The maximum atomic E-state index is 14.0. The molecule has 6 rings (SSSR count). The first-order valence-corrected chi connectivity index (χ1v) is 20.8. The predicted molar refractivity (Wildman–Crippen MR) is 214 cm³/mol. The number of rotatable bonds is 13. The second kappa shape index (κ2) is 17.2. The zero-order valence-electron chi connectivity index (χ0n) is 29.1. The third-order valence-corrected chi connectivity index (χ3v) is 12.6. The molecule has 1 aliphatic heterocycles. The Kier molecular flexibility index (Phi) is 13.0. The molecule has 1 fully saturated rings. The summed E-state index contributed by atoms with van der Waals surface area (Å²) in [5, 5.41) is -1.15. The van der Waals surface area contributed by atoms with E-state index in [-0.39, 0.29) is 43.7 Å². The van der Waals surface area contributed by atoms with Crippen LogP contribution in [0.5, 0.6) is 17.2 Å². The zero-order chi connectivity index (χ0) is 39.7. The van der Waals surface area contributed by atoms with Crippen molar-refractivity contribution >= 4 is 76.5 Å². The Bertz CT molecular complexity index is 2270. The molecule has 1 unspecified atom stereocenters. The van der Waals surface area contributed by atoms with E-state index in [0.717, 1.165) is 16.7 Å². The summed E-state index contributed by atoms with van der Waals surface area (Å²) in [7, 11) is 3.14. The van der Waals surface area contributed by atoms with Crippen LogP contribution in [0.15, 0.2) is 94.6 Å². The van der Waals surface area contributed by atoms with Crippen molar-refractivity contribution in [1.29, 1.82) is 0 Å². The van der Waals surface area contributed by atoms with Crippen LogP contribution in [0.3, 0.4) is 0 Å². The van der Waals surface area contributed by atoms with Crippen LogP contribution < -0.4 is 30.1 Å². The highest BCUT2D eigenvalue weighted by molar-refractivity contribution is 8.06. The predicted octanol–water partition coefficient (Wildman–Crippen LogP) is 8.47. The highest BCUT2D eigenvalue weighted by Crippen LogP contribution is 2.54. The summed E-state index contributed by atoms with van der Waals surface area (Å²) in [6.07, 6.45) is -1.95. The summed E-state index contributed by atoms with van der Waals surface area (Å²) in [6.45, 7) is -3.25. The van der Waals surface area contributed by atoms with Gasteiger partial charge >= 0.3 is 5.69 Å². The Morgan fingerprint density at radius 3 is 1.87 bits per heavy atom. The first kappa shape index (κ1) is 41.5. The molecule has 1 aromatic heterocycles. The van der Waals surface area contributed by atoms with Crippen LogP contribution >= 0.6 is 64.7 Å². The van der Waals surface area contributed by atoms with Crippen molar-refractivity contribution in [3.8, 4) is 17.2 Å². The molecule has 1 N–H and O–H groups in total. The molecule has 0 spiro atoms. The van der Waals surface area contributed by atoms with E-state index in [1.807, 2.05) is 78.9 Å². The second-order valence-corrected chi connectivity index (χ2v) is 16.8. The standard InChI is InChI=1S/C37H32Cl5N2O9PS/c1-20-18-44(36(46)43-35(20)45)28-17-26(52-54(47,55)53-34-32(41)30(39)29(38)31(40)33(34)42)27(51-28)19-50-37(21-7-5-4-6-8-21,22-9-13-24(48-2)14-10-22)23-11-15-25(49-3)16-12-23/h4-16,18,26-28H,17,19H2,1-3H3,(H,47,55)(H,43,45,46)/p-1/t26-,27+,28+,54?/m0/s1. The third-order valence-electron chi connectivity index (χ3n) is 8.91. The molecule has 0 bridgehead atoms. The minimum Gasteiger partial charge on any atom is -0.770 e. The average Bonchev–Trinajstić information content (AvgIpc) is 3.58. The van der Waals surface area contributed by atoms with E-state index in [4.69, 9.17) is 97.8 Å². The molecule has 18 heteroatoms. The summed E-state index contributed by atoms with van der Waals surface area (Å²) in [5.74, 6) is 0.850. The quantitative estimate of drug-likeness (QED) is 0.0532. The highest BCUT2D eigenvalue weighted by Gasteiger charge is 2.44. The van der Waals surface area contributed by atoms with Crippen LogP contribution in [0, 0.1) is 6.92 Å². The van der Waals surface area contributed by atoms with Gasteiger partial charge in [0.25, 0.3) is 5.56 Å². The Hall–Kier alpha value is -3.10. The fourth-order valence-corrected chi connectivity index (χ4v) is 9.04. The SMILES string of the molecule is COc1ccc(C(OC[C@H]2O[C@@H](n3cc(C)c(=O)[nH]c3=O)C[C@@H]2OP([O-])(=S)Oc2c(Cl)c(Cl)c(Cl)c(Cl)c2Cl)(c2ccccc2)c2ccc(OC)cc2)cc1. The van der Waals surface area contributed by atoms with Crippen molar-refractivity contribution in [3.63, 3.8) is 0 Å². The molecule has 4 atom stereocenters. The molecule has 4 aromatic carbocycles. The molecule has 0 aliphatic carbocycles. The number of aromatic amines is 1. The summed E-state index contributed by atoms with van der Waals surface area (Å²) in [4.78, 5) is 41.5. The maximum absolute atomic E-state index is 14.0. The van der Waals surface area contributed by atoms with Gasteiger partial charge in [-0.15, -0.1) is 0 Å². The van der Waals surface area contributed by atoms with Crippen molar-refractivity contribution in [2.45, 2.75) is 37.4 Å². The number of aryl methyl sites for hydroxylation is 1. The van der Waals surface area contributed by atoms with E-state index in [9.17, 15) is 14.5 Å². The molecule has 55 heavy (non-hydrogen) atoms. The Balaban J connectivity index is 1.42. The van der Waals surface area contributed by atoms with E-state index in [0.29, 0.717) is 11.5 Å². The van der Waals surface area contributed by atoms with Crippen molar-refractivity contribution < 1.29 is 32.9 Å². The lowest BCUT2D eigenvalue weighted by Gasteiger charge is -2.38. The number of methoxy groups -OCH3 is 2. The Morgan fingerprint density at radius 2 is 1.35 bits per heavy atom. The van der Waals surface area contributed by atoms with Crippen LogP contribution in [-0.2, 0) is 31.4 Å². The highest BCUT2D eigenvalue weighted by atomic mass is 35.5. The van der Waals surface area contributed by atoms with Gasteiger partial charge in [-0.3, -0.25) is 14.3 Å². The summed E-state index contributed by atoms with van der Waals surface area (Å²) < 4.78 is 37.2. The number of hydrogen-bond acceptors (Lipinski definition) is 10. The number of aromatic nitrogens is 2. The van der Waals surface area contributed by atoms with Crippen molar-refractivity contribution in [3.05, 3.63) is 153 Å². The molecular formula is C37H31Cl5N2O9PS-. The number of nitrogens with zero attached hydrogens (tertiary/aromatic N) is 1. The molecular weight excluding hydrogens is 857 g/mol. The maximum Gasteiger partial charge on any atom is 0.330 e. The lowest BCUT2D eigenvalue weighted by atomic mass is 9.80. The van der Waals surface area contributed by atoms with E-state index < -0.39 is 47.8 Å². The molecule has 5 aromatic rings. The van der Waals surface area contributed by atoms with Crippen LogP contribution in [0.4, 0.5) is 0 Å². The van der Waals surface area contributed by atoms with Gasteiger partial charge in [0.05, 0.1) is 42.0 Å². The van der Waals surface area contributed by atoms with E-state index in [2.05, 4.69) is 4.98 Å². The van der Waals surface area contributed by atoms with Gasteiger partial charge in [-0.25, -0.2) is 4.79 Å². The van der Waals surface area contributed by atoms with Crippen molar-refractivity contribution in [2.24, 2.45) is 0 Å². The fourth-order valence-electron chi connectivity index (χ4n) is 6.18. The normalized spacial score (nSPS) is 18.2. The number of ether oxygens (including phenoxy) is 4. The molecule has 290 valence electrons. The van der Waals surface area contributed by atoms with Crippen LogP contribution in [0.2, 0.25) is 25.1 Å². The van der Waals surface area contributed by atoms with E-state index in [1.165, 1.54) is 17.7 Å².